The summed E-state index contributed by atoms with van der Waals surface area (Å²) in [6, 6.07) is 5.03. The Labute approximate surface area is 117 Å². The molecule has 0 saturated carbocycles. The van der Waals surface area contributed by atoms with Crippen LogP contribution in [-0.4, -0.2) is 30.6 Å². The molecule has 1 aliphatic heterocycles. The lowest BCUT2D eigenvalue weighted by molar-refractivity contribution is -0.124. The van der Waals surface area contributed by atoms with E-state index in [1.165, 1.54) is 0 Å². The van der Waals surface area contributed by atoms with E-state index in [0.29, 0.717) is 42.9 Å². The molecule has 1 saturated heterocycles. The van der Waals surface area contributed by atoms with Crippen LogP contribution in [-0.2, 0) is 9.53 Å². The average molecular weight is 277 g/mol. The molecule has 108 valence electrons. The van der Waals surface area contributed by atoms with Crippen molar-refractivity contribution >= 4 is 17.5 Å². The maximum Gasteiger partial charge on any atom is 0.249 e. The van der Waals surface area contributed by atoms with Gasteiger partial charge in [-0.1, -0.05) is 6.07 Å². The molecule has 5 N–H and O–H groups in total. The number of hydrogen-bond donors (Lipinski definition) is 3. The summed E-state index contributed by atoms with van der Waals surface area (Å²) in [5, 5.41) is 2.79. The molecule has 1 aromatic rings. The molecule has 6 nitrogen and oxygen atoms in total. The van der Waals surface area contributed by atoms with Crippen molar-refractivity contribution in [3.05, 3.63) is 29.3 Å². The average Bonchev–Trinajstić information content (AvgIpc) is 2.41. The van der Waals surface area contributed by atoms with Gasteiger partial charge in [-0.3, -0.25) is 9.59 Å². The number of amides is 2. The molecule has 20 heavy (non-hydrogen) atoms. The van der Waals surface area contributed by atoms with Crippen LogP contribution in [0.15, 0.2) is 18.2 Å². The standard InChI is InChI=1S/C14H19N3O3/c1-9-10(12(15)18)3-2-4-11(9)17-13(19)14(16)5-7-20-8-6-14/h2-4H,5-8,16H2,1H3,(H2,15,18)(H,17,19). The molecule has 1 heterocycles. The first-order valence-electron chi connectivity index (χ1n) is 6.51. The highest BCUT2D eigenvalue weighted by Crippen LogP contribution is 2.23. The first-order chi connectivity index (χ1) is 9.44. The van der Waals surface area contributed by atoms with Crippen molar-refractivity contribution in [1.29, 1.82) is 0 Å². The molecule has 0 atom stereocenters. The molecular weight excluding hydrogens is 258 g/mol. The monoisotopic (exact) mass is 277 g/mol. The highest BCUT2D eigenvalue weighted by atomic mass is 16.5. The van der Waals surface area contributed by atoms with Crippen LogP contribution >= 0.6 is 0 Å². The Kier molecular flexibility index (Phi) is 4.06. The van der Waals surface area contributed by atoms with E-state index < -0.39 is 11.4 Å². The Balaban J connectivity index is 2.19. The van der Waals surface area contributed by atoms with Crippen molar-refractivity contribution < 1.29 is 14.3 Å². The van der Waals surface area contributed by atoms with Crippen molar-refractivity contribution in [3.63, 3.8) is 0 Å². The van der Waals surface area contributed by atoms with Gasteiger partial charge in [0.25, 0.3) is 0 Å². The molecule has 2 rings (SSSR count). The third-order valence-corrected chi connectivity index (χ3v) is 3.68. The number of nitrogens with two attached hydrogens (primary N) is 2. The van der Waals surface area contributed by atoms with Crippen LogP contribution in [0.1, 0.15) is 28.8 Å². The van der Waals surface area contributed by atoms with Crippen LogP contribution in [0.2, 0.25) is 0 Å². The number of nitrogens with one attached hydrogen (secondary N) is 1. The fourth-order valence-corrected chi connectivity index (χ4v) is 2.25. The molecule has 0 unspecified atom stereocenters. The largest absolute Gasteiger partial charge is 0.381 e. The van der Waals surface area contributed by atoms with Gasteiger partial charge in [-0.15, -0.1) is 0 Å². The summed E-state index contributed by atoms with van der Waals surface area (Å²) < 4.78 is 5.22. The van der Waals surface area contributed by atoms with Gasteiger partial charge in [-0.2, -0.15) is 0 Å². The van der Waals surface area contributed by atoms with Crippen molar-refractivity contribution in [2.24, 2.45) is 11.5 Å². The van der Waals surface area contributed by atoms with E-state index in [-0.39, 0.29) is 5.91 Å². The zero-order valence-electron chi connectivity index (χ0n) is 11.4. The second-order valence-corrected chi connectivity index (χ2v) is 5.07. The van der Waals surface area contributed by atoms with Gasteiger partial charge in [-0.25, -0.2) is 0 Å². The van der Waals surface area contributed by atoms with Crippen LogP contribution in [0.4, 0.5) is 5.69 Å². The predicted molar refractivity (Wildman–Crippen MR) is 75.3 cm³/mol. The second kappa shape index (κ2) is 5.60. The number of primary amides is 1. The first kappa shape index (κ1) is 14.5. The van der Waals surface area contributed by atoms with Crippen LogP contribution < -0.4 is 16.8 Å². The normalized spacial score (nSPS) is 17.5. The lowest BCUT2D eigenvalue weighted by Crippen LogP contribution is -2.54. The predicted octanol–water partition coefficient (Wildman–Crippen LogP) is 0.540. The fourth-order valence-electron chi connectivity index (χ4n) is 2.25. The van der Waals surface area contributed by atoms with Gasteiger partial charge < -0.3 is 21.5 Å². The van der Waals surface area contributed by atoms with Crippen molar-refractivity contribution in [1.82, 2.24) is 0 Å². The molecule has 0 aromatic heterocycles. The van der Waals surface area contributed by atoms with E-state index in [1.54, 1.807) is 25.1 Å². The summed E-state index contributed by atoms with van der Waals surface area (Å²) in [6.07, 6.45) is 0.959. The summed E-state index contributed by atoms with van der Waals surface area (Å²) >= 11 is 0. The smallest absolute Gasteiger partial charge is 0.249 e. The van der Waals surface area contributed by atoms with Crippen molar-refractivity contribution in [2.45, 2.75) is 25.3 Å². The summed E-state index contributed by atoms with van der Waals surface area (Å²) in [5.41, 5.74) is 12.1. The van der Waals surface area contributed by atoms with Gasteiger partial charge in [-0.05, 0) is 37.5 Å². The van der Waals surface area contributed by atoms with E-state index in [4.69, 9.17) is 16.2 Å². The van der Waals surface area contributed by atoms with Crippen molar-refractivity contribution in [3.8, 4) is 0 Å². The molecule has 1 fully saturated rings. The molecular formula is C14H19N3O3. The molecule has 2 amide bonds. The van der Waals surface area contributed by atoms with Gasteiger partial charge in [0.2, 0.25) is 11.8 Å². The molecule has 1 aliphatic rings. The number of benzene rings is 1. The topological polar surface area (TPSA) is 107 Å². The molecule has 1 aromatic carbocycles. The highest BCUT2D eigenvalue weighted by molar-refractivity contribution is 6.01. The number of anilines is 1. The lowest BCUT2D eigenvalue weighted by Gasteiger charge is -2.32. The highest BCUT2D eigenvalue weighted by Gasteiger charge is 2.36. The fraction of sp³-hybridized carbons (Fsp3) is 0.429. The Bertz CT molecular complexity index is 536. The molecule has 0 spiro atoms. The summed E-state index contributed by atoms with van der Waals surface area (Å²) in [5.74, 6) is -0.780. The van der Waals surface area contributed by atoms with E-state index in [9.17, 15) is 9.59 Å². The van der Waals surface area contributed by atoms with Crippen molar-refractivity contribution in [2.75, 3.05) is 18.5 Å². The summed E-state index contributed by atoms with van der Waals surface area (Å²) in [4.78, 5) is 23.6. The van der Waals surface area contributed by atoms with Crippen LogP contribution in [0.3, 0.4) is 0 Å². The Hall–Kier alpha value is -1.92. The number of carbonyl (C=O) groups is 2. The molecule has 0 aliphatic carbocycles. The van der Waals surface area contributed by atoms with E-state index >= 15 is 0 Å². The third-order valence-electron chi connectivity index (χ3n) is 3.68. The minimum atomic E-state index is -0.923. The van der Waals surface area contributed by atoms with Gasteiger partial charge >= 0.3 is 0 Å². The number of carbonyl (C=O) groups excluding carboxylic acids is 2. The minimum Gasteiger partial charge on any atom is -0.381 e. The van der Waals surface area contributed by atoms with Gasteiger partial charge in [0.1, 0.15) is 5.54 Å². The quantitative estimate of drug-likeness (QED) is 0.749. The molecule has 6 heteroatoms. The van der Waals surface area contributed by atoms with E-state index in [1.807, 2.05) is 0 Å². The Morgan fingerprint density at radius 1 is 1.30 bits per heavy atom. The first-order valence-corrected chi connectivity index (χ1v) is 6.51. The van der Waals surface area contributed by atoms with Crippen LogP contribution in [0.5, 0.6) is 0 Å². The maximum atomic E-state index is 12.3. The van der Waals surface area contributed by atoms with Gasteiger partial charge in [0.05, 0.1) is 0 Å². The maximum absolute atomic E-state index is 12.3. The van der Waals surface area contributed by atoms with Crippen LogP contribution in [0, 0.1) is 6.92 Å². The van der Waals surface area contributed by atoms with Gasteiger partial charge in [0, 0.05) is 24.5 Å². The summed E-state index contributed by atoms with van der Waals surface area (Å²) in [7, 11) is 0. The minimum absolute atomic E-state index is 0.259. The third kappa shape index (κ3) is 2.81. The SMILES string of the molecule is Cc1c(NC(=O)C2(N)CCOCC2)cccc1C(N)=O. The van der Waals surface area contributed by atoms with Crippen LogP contribution in [0.25, 0.3) is 0 Å². The van der Waals surface area contributed by atoms with E-state index in [2.05, 4.69) is 5.32 Å². The zero-order chi connectivity index (χ0) is 14.8. The zero-order valence-corrected chi connectivity index (χ0v) is 11.4. The number of ether oxygens (including phenoxy) is 1. The summed E-state index contributed by atoms with van der Waals surface area (Å²) in [6.45, 7) is 2.69. The molecule has 0 bridgehead atoms. The van der Waals surface area contributed by atoms with Gasteiger partial charge in [0.15, 0.2) is 0 Å². The van der Waals surface area contributed by atoms with E-state index in [0.717, 1.165) is 0 Å². The Morgan fingerprint density at radius 3 is 2.55 bits per heavy atom. The number of rotatable bonds is 3. The number of hydrogen-bond acceptors (Lipinski definition) is 4. The Morgan fingerprint density at radius 2 is 1.95 bits per heavy atom. The lowest BCUT2D eigenvalue weighted by atomic mass is 9.90. The molecule has 0 radical (unpaired) electrons. The second-order valence-electron chi connectivity index (χ2n) is 5.07.